The van der Waals surface area contributed by atoms with Crippen LogP contribution >= 0.6 is 11.6 Å². The van der Waals surface area contributed by atoms with Crippen LogP contribution in [0.3, 0.4) is 0 Å². The summed E-state index contributed by atoms with van der Waals surface area (Å²) in [6.45, 7) is 3.10. The number of hydrogen-bond acceptors (Lipinski definition) is 3. The lowest BCUT2D eigenvalue weighted by molar-refractivity contribution is -0.115. The van der Waals surface area contributed by atoms with Crippen LogP contribution in [-0.2, 0) is 11.2 Å². The van der Waals surface area contributed by atoms with Gasteiger partial charge in [0, 0.05) is 11.6 Å². The Hall–Kier alpha value is -2.07. The monoisotopic (exact) mass is 331 g/mol. The molecule has 0 bridgehead atoms. The predicted molar refractivity (Wildman–Crippen MR) is 96.0 cm³/mol. The van der Waals surface area contributed by atoms with Crippen LogP contribution in [0.1, 0.15) is 31.7 Å². The molecule has 5 heteroatoms. The van der Waals surface area contributed by atoms with Crippen molar-refractivity contribution in [3.8, 4) is 0 Å². The van der Waals surface area contributed by atoms with E-state index in [4.69, 9.17) is 11.6 Å². The molecule has 2 aromatic rings. The van der Waals surface area contributed by atoms with E-state index in [2.05, 4.69) is 22.5 Å². The van der Waals surface area contributed by atoms with Crippen molar-refractivity contribution in [2.45, 2.75) is 32.6 Å². The number of nitrogens with zero attached hydrogens (tertiary/aromatic N) is 1. The van der Waals surface area contributed by atoms with Gasteiger partial charge in [0.15, 0.2) is 0 Å². The van der Waals surface area contributed by atoms with Gasteiger partial charge < -0.3 is 10.6 Å². The Morgan fingerprint density at radius 3 is 2.57 bits per heavy atom. The third-order valence-corrected chi connectivity index (χ3v) is 3.66. The molecule has 0 fully saturated rings. The number of nitrogens with one attached hydrogen (secondary N) is 2. The van der Waals surface area contributed by atoms with Crippen LogP contribution in [0.25, 0.3) is 0 Å². The molecular weight excluding hydrogens is 310 g/mol. The number of rotatable bonds is 8. The summed E-state index contributed by atoms with van der Waals surface area (Å²) >= 11 is 5.83. The Labute approximate surface area is 142 Å². The van der Waals surface area contributed by atoms with Crippen molar-refractivity contribution in [3.63, 3.8) is 0 Å². The van der Waals surface area contributed by atoms with E-state index in [0.717, 1.165) is 24.3 Å². The largest absolute Gasteiger partial charge is 0.370 e. The fraction of sp³-hybridized carbons (Fsp3) is 0.333. The van der Waals surface area contributed by atoms with Crippen molar-refractivity contribution in [1.82, 2.24) is 4.98 Å². The number of halogens is 1. The summed E-state index contributed by atoms with van der Waals surface area (Å²) in [5, 5.41) is 6.78. The fourth-order valence-electron chi connectivity index (χ4n) is 2.16. The Kier molecular flexibility index (Phi) is 6.88. The second-order valence-corrected chi connectivity index (χ2v) is 5.85. The first-order chi connectivity index (χ1) is 11.2. The number of aromatic nitrogens is 1. The minimum Gasteiger partial charge on any atom is -0.370 e. The van der Waals surface area contributed by atoms with Gasteiger partial charge in [-0.05, 0) is 36.2 Å². The highest BCUT2D eigenvalue weighted by molar-refractivity contribution is 6.30. The summed E-state index contributed by atoms with van der Waals surface area (Å²) in [7, 11) is 0. The highest BCUT2D eigenvalue weighted by atomic mass is 35.5. The molecular formula is C18H22ClN3O. The van der Waals surface area contributed by atoms with Gasteiger partial charge in [0.05, 0.1) is 18.3 Å². The Bertz CT molecular complexity index is 611. The fourth-order valence-corrected chi connectivity index (χ4v) is 2.28. The number of pyridine rings is 1. The lowest BCUT2D eigenvalue weighted by Gasteiger charge is -2.08. The quantitative estimate of drug-likeness (QED) is 0.699. The van der Waals surface area contributed by atoms with Crippen LogP contribution in [0.5, 0.6) is 0 Å². The molecule has 0 aliphatic carbocycles. The van der Waals surface area contributed by atoms with Crippen molar-refractivity contribution in [1.29, 1.82) is 0 Å². The Morgan fingerprint density at radius 1 is 1.13 bits per heavy atom. The standard InChI is InChI=1S/C18H22ClN3O/c1-2-3-4-11-20-17-10-9-16(13-21-17)22-18(23)12-14-5-7-15(19)8-6-14/h5-10,13H,2-4,11-12H2,1H3,(H,20,21)(H,22,23). The average molecular weight is 332 g/mol. The molecule has 0 saturated heterocycles. The molecule has 122 valence electrons. The van der Waals surface area contributed by atoms with Gasteiger partial charge >= 0.3 is 0 Å². The molecule has 0 aliphatic heterocycles. The third-order valence-electron chi connectivity index (χ3n) is 3.41. The zero-order chi connectivity index (χ0) is 16.5. The molecule has 2 rings (SSSR count). The van der Waals surface area contributed by atoms with E-state index in [-0.39, 0.29) is 5.91 Å². The van der Waals surface area contributed by atoms with E-state index in [1.54, 1.807) is 18.3 Å². The first kappa shape index (κ1) is 17.3. The Morgan fingerprint density at radius 2 is 1.91 bits per heavy atom. The molecule has 2 N–H and O–H groups in total. The highest BCUT2D eigenvalue weighted by Gasteiger charge is 2.05. The summed E-state index contributed by atoms with van der Waals surface area (Å²) in [5.41, 5.74) is 1.62. The van der Waals surface area contributed by atoms with Gasteiger partial charge in [-0.3, -0.25) is 4.79 Å². The highest BCUT2D eigenvalue weighted by Crippen LogP contribution is 2.13. The number of carbonyl (C=O) groups is 1. The third kappa shape index (κ3) is 6.28. The van der Waals surface area contributed by atoms with Crippen LogP contribution in [0.15, 0.2) is 42.6 Å². The van der Waals surface area contributed by atoms with Crippen LogP contribution in [-0.4, -0.2) is 17.4 Å². The second-order valence-electron chi connectivity index (χ2n) is 5.42. The lowest BCUT2D eigenvalue weighted by atomic mass is 10.1. The molecule has 0 radical (unpaired) electrons. The summed E-state index contributed by atoms with van der Waals surface area (Å²) in [4.78, 5) is 16.3. The summed E-state index contributed by atoms with van der Waals surface area (Å²) in [6.07, 6.45) is 5.54. The average Bonchev–Trinajstić information content (AvgIpc) is 2.55. The van der Waals surface area contributed by atoms with Crippen molar-refractivity contribution in [3.05, 3.63) is 53.2 Å². The first-order valence-electron chi connectivity index (χ1n) is 7.91. The molecule has 0 unspecified atom stereocenters. The van der Waals surface area contributed by atoms with Gasteiger partial charge in [-0.25, -0.2) is 4.98 Å². The topological polar surface area (TPSA) is 54.0 Å². The molecule has 0 spiro atoms. The van der Waals surface area contributed by atoms with E-state index in [0.29, 0.717) is 17.1 Å². The van der Waals surface area contributed by atoms with Crippen molar-refractivity contribution < 1.29 is 4.79 Å². The molecule has 0 saturated carbocycles. The summed E-state index contributed by atoms with van der Waals surface area (Å²) < 4.78 is 0. The maximum absolute atomic E-state index is 12.0. The van der Waals surface area contributed by atoms with E-state index < -0.39 is 0 Å². The van der Waals surface area contributed by atoms with Crippen molar-refractivity contribution in [2.75, 3.05) is 17.2 Å². The van der Waals surface area contributed by atoms with Gasteiger partial charge in [-0.1, -0.05) is 43.5 Å². The molecule has 1 heterocycles. The predicted octanol–water partition coefficient (Wildman–Crippen LogP) is 4.52. The normalized spacial score (nSPS) is 10.3. The van der Waals surface area contributed by atoms with E-state index in [9.17, 15) is 4.79 Å². The molecule has 23 heavy (non-hydrogen) atoms. The second kappa shape index (κ2) is 9.16. The molecule has 0 atom stereocenters. The number of hydrogen-bond donors (Lipinski definition) is 2. The minimum absolute atomic E-state index is 0.0715. The minimum atomic E-state index is -0.0715. The maximum Gasteiger partial charge on any atom is 0.228 e. The maximum atomic E-state index is 12.0. The summed E-state index contributed by atoms with van der Waals surface area (Å²) in [5.74, 6) is 0.759. The molecule has 0 aliphatic rings. The van der Waals surface area contributed by atoms with Crippen molar-refractivity contribution >= 4 is 29.0 Å². The van der Waals surface area contributed by atoms with E-state index in [1.807, 2.05) is 24.3 Å². The van der Waals surface area contributed by atoms with Crippen LogP contribution in [0.4, 0.5) is 11.5 Å². The smallest absolute Gasteiger partial charge is 0.228 e. The van der Waals surface area contributed by atoms with E-state index in [1.165, 1.54) is 12.8 Å². The van der Waals surface area contributed by atoms with E-state index >= 15 is 0 Å². The lowest BCUT2D eigenvalue weighted by Crippen LogP contribution is -2.14. The van der Waals surface area contributed by atoms with Gasteiger partial charge in [-0.15, -0.1) is 0 Å². The van der Waals surface area contributed by atoms with Gasteiger partial charge in [0.25, 0.3) is 0 Å². The zero-order valence-electron chi connectivity index (χ0n) is 13.3. The number of benzene rings is 1. The first-order valence-corrected chi connectivity index (χ1v) is 8.29. The Balaban J connectivity index is 1.80. The number of amides is 1. The number of anilines is 2. The van der Waals surface area contributed by atoms with Crippen LogP contribution < -0.4 is 10.6 Å². The molecule has 1 aromatic carbocycles. The number of carbonyl (C=O) groups excluding carboxylic acids is 1. The summed E-state index contributed by atoms with van der Waals surface area (Å²) in [6, 6.07) is 11.0. The zero-order valence-corrected chi connectivity index (χ0v) is 14.1. The van der Waals surface area contributed by atoms with Gasteiger partial charge in [0.1, 0.15) is 5.82 Å². The molecule has 1 amide bonds. The van der Waals surface area contributed by atoms with Gasteiger partial charge in [-0.2, -0.15) is 0 Å². The van der Waals surface area contributed by atoms with Crippen molar-refractivity contribution in [2.24, 2.45) is 0 Å². The number of unbranched alkanes of at least 4 members (excludes halogenated alkanes) is 2. The van der Waals surface area contributed by atoms with Crippen LogP contribution in [0, 0.1) is 0 Å². The SMILES string of the molecule is CCCCCNc1ccc(NC(=O)Cc2ccc(Cl)cc2)cn1. The van der Waals surface area contributed by atoms with Gasteiger partial charge in [0.2, 0.25) is 5.91 Å². The molecule has 1 aromatic heterocycles. The van der Waals surface area contributed by atoms with Crippen LogP contribution in [0.2, 0.25) is 5.02 Å². The molecule has 4 nitrogen and oxygen atoms in total.